The van der Waals surface area contributed by atoms with Crippen molar-refractivity contribution in [3.63, 3.8) is 0 Å². The number of hydrogen-bond donors (Lipinski definition) is 1. The first-order valence-electron chi connectivity index (χ1n) is 10.0. The Bertz CT molecular complexity index is 986. The zero-order valence-corrected chi connectivity index (χ0v) is 18.8. The van der Waals surface area contributed by atoms with E-state index in [1.807, 2.05) is 24.7 Å². The fourth-order valence-electron chi connectivity index (χ4n) is 3.32. The number of amides is 1. The Morgan fingerprint density at radius 2 is 2.07 bits per heavy atom. The second kappa shape index (κ2) is 9.93. The molecule has 1 N–H and O–H groups in total. The van der Waals surface area contributed by atoms with Crippen LogP contribution in [0, 0.1) is 11.7 Å². The first kappa shape index (κ1) is 22.8. The van der Waals surface area contributed by atoms with E-state index >= 15 is 0 Å². The number of imidazole rings is 1. The lowest BCUT2D eigenvalue weighted by atomic mass is 9.97. The molecule has 0 bridgehead atoms. The van der Waals surface area contributed by atoms with Crippen LogP contribution >= 0.6 is 11.8 Å². The van der Waals surface area contributed by atoms with E-state index in [9.17, 15) is 17.6 Å². The molecule has 0 saturated carbocycles. The molecule has 0 unspecified atom stereocenters. The summed E-state index contributed by atoms with van der Waals surface area (Å²) in [6, 6.07) is 4.27. The van der Waals surface area contributed by atoms with E-state index in [1.165, 1.54) is 28.2 Å². The van der Waals surface area contributed by atoms with E-state index < -0.39 is 15.8 Å². The second-order valence-electron chi connectivity index (χ2n) is 7.40. The smallest absolute Gasteiger partial charge is 0.227 e. The number of carbonyl (C=O) groups is 1. The number of halogens is 1. The highest BCUT2D eigenvalue weighted by Crippen LogP contribution is 2.33. The van der Waals surface area contributed by atoms with Crippen LogP contribution in [0.3, 0.4) is 0 Å². The summed E-state index contributed by atoms with van der Waals surface area (Å²) < 4.78 is 41.8. The van der Waals surface area contributed by atoms with Crippen LogP contribution in [0.4, 0.5) is 10.1 Å². The number of aryl methyl sites for hydroxylation is 1. The normalized spacial score (nSPS) is 16.0. The van der Waals surface area contributed by atoms with Crippen molar-refractivity contribution in [3.05, 3.63) is 36.4 Å². The van der Waals surface area contributed by atoms with Gasteiger partial charge < -0.3 is 9.88 Å². The SMILES string of the molecule is CCCCS(=O)(=O)N1CCC(C(=O)Nc2cc(F)ccc2Sc2nccn2C)CC1. The summed E-state index contributed by atoms with van der Waals surface area (Å²) in [7, 11) is -1.40. The molecule has 0 atom stereocenters. The van der Waals surface area contributed by atoms with E-state index in [4.69, 9.17) is 0 Å². The number of piperidine rings is 1. The number of carbonyl (C=O) groups excluding carboxylic acids is 1. The monoisotopic (exact) mass is 454 g/mol. The second-order valence-corrected chi connectivity index (χ2v) is 10.5. The van der Waals surface area contributed by atoms with Crippen molar-refractivity contribution in [2.45, 2.75) is 42.7 Å². The summed E-state index contributed by atoms with van der Waals surface area (Å²) in [5.41, 5.74) is 0.394. The number of hydrogen-bond acceptors (Lipinski definition) is 5. The van der Waals surface area contributed by atoms with Crippen LogP contribution in [-0.4, -0.2) is 47.0 Å². The summed E-state index contributed by atoms with van der Waals surface area (Å²) >= 11 is 1.34. The third kappa shape index (κ3) is 5.61. The van der Waals surface area contributed by atoms with Crippen molar-refractivity contribution in [2.75, 3.05) is 24.2 Å². The van der Waals surface area contributed by atoms with Crippen LogP contribution in [0.25, 0.3) is 0 Å². The van der Waals surface area contributed by atoms with Gasteiger partial charge in [0.15, 0.2) is 5.16 Å². The molecule has 0 radical (unpaired) electrons. The minimum atomic E-state index is -3.26. The van der Waals surface area contributed by atoms with Gasteiger partial charge >= 0.3 is 0 Å². The van der Waals surface area contributed by atoms with Crippen LogP contribution < -0.4 is 5.32 Å². The molecule has 1 fully saturated rings. The highest BCUT2D eigenvalue weighted by molar-refractivity contribution is 7.99. The van der Waals surface area contributed by atoms with Crippen molar-refractivity contribution in [1.29, 1.82) is 0 Å². The van der Waals surface area contributed by atoms with Crippen molar-refractivity contribution in [2.24, 2.45) is 13.0 Å². The van der Waals surface area contributed by atoms with Gasteiger partial charge in [-0.1, -0.05) is 13.3 Å². The zero-order chi connectivity index (χ0) is 21.7. The van der Waals surface area contributed by atoms with E-state index in [-0.39, 0.29) is 17.6 Å². The first-order chi connectivity index (χ1) is 14.3. The summed E-state index contributed by atoms with van der Waals surface area (Å²) in [5, 5.41) is 3.56. The number of rotatable bonds is 8. The van der Waals surface area contributed by atoms with Gasteiger partial charge in [-0.25, -0.2) is 22.1 Å². The average Bonchev–Trinajstić information content (AvgIpc) is 3.13. The predicted molar refractivity (Wildman–Crippen MR) is 115 cm³/mol. The highest BCUT2D eigenvalue weighted by Gasteiger charge is 2.31. The van der Waals surface area contributed by atoms with E-state index in [0.717, 1.165) is 11.6 Å². The lowest BCUT2D eigenvalue weighted by Gasteiger charge is -2.30. The summed E-state index contributed by atoms with van der Waals surface area (Å²) in [6.45, 7) is 2.63. The van der Waals surface area contributed by atoms with Gasteiger partial charge in [0.25, 0.3) is 0 Å². The molecule has 164 valence electrons. The van der Waals surface area contributed by atoms with Crippen molar-refractivity contribution < 1.29 is 17.6 Å². The average molecular weight is 455 g/mol. The van der Waals surface area contributed by atoms with E-state index in [2.05, 4.69) is 10.3 Å². The Hall–Kier alpha value is -1.91. The maximum absolute atomic E-state index is 13.8. The molecule has 1 aromatic carbocycles. The van der Waals surface area contributed by atoms with Crippen LogP contribution in [-0.2, 0) is 21.9 Å². The largest absolute Gasteiger partial charge is 0.329 e. The molecule has 2 aromatic rings. The Morgan fingerprint density at radius 1 is 1.33 bits per heavy atom. The first-order valence-corrected chi connectivity index (χ1v) is 12.5. The molecule has 0 spiro atoms. The lowest BCUT2D eigenvalue weighted by Crippen LogP contribution is -2.42. The number of anilines is 1. The van der Waals surface area contributed by atoms with Crippen molar-refractivity contribution in [1.82, 2.24) is 13.9 Å². The van der Waals surface area contributed by atoms with Crippen molar-refractivity contribution in [3.8, 4) is 0 Å². The Kier molecular flexibility index (Phi) is 7.54. The zero-order valence-electron chi connectivity index (χ0n) is 17.2. The molecule has 3 rings (SSSR count). The molecule has 10 heteroatoms. The number of unbranched alkanes of at least 4 members (excludes halogenated alkanes) is 1. The number of nitrogens with one attached hydrogen (secondary N) is 1. The summed E-state index contributed by atoms with van der Waals surface area (Å²) in [4.78, 5) is 17.7. The fraction of sp³-hybridized carbons (Fsp3) is 0.500. The molecule has 1 saturated heterocycles. The standard InChI is InChI=1S/C20H27FN4O3S2/c1-3-4-13-30(27,28)25-10-7-15(8-11-25)19(26)23-17-14-16(21)5-6-18(17)29-20-22-9-12-24(20)2/h5-6,9,12,14-15H,3-4,7-8,10-11,13H2,1-2H3,(H,23,26). The number of nitrogens with zero attached hydrogens (tertiary/aromatic N) is 3. The molecule has 1 aliphatic rings. The van der Waals surface area contributed by atoms with Gasteiger partial charge in [-0.2, -0.15) is 0 Å². The van der Waals surface area contributed by atoms with Gasteiger partial charge in [-0.05, 0) is 49.2 Å². The minimum absolute atomic E-state index is 0.150. The van der Waals surface area contributed by atoms with Gasteiger partial charge in [0.05, 0.1) is 11.4 Å². The lowest BCUT2D eigenvalue weighted by molar-refractivity contribution is -0.120. The van der Waals surface area contributed by atoms with Gasteiger partial charge in [0, 0.05) is 43.3 Å². The molecular formula is C20H27FN4O3S2. The third-order valence-corrected chi connectivity index (χ3v) is 8.26. The maximum Gasteiger partial charge on any atom is 0.227 e. The van der Waals surface area contributed by atoms with Gasteiger partial charge in [0.2, 0.25) is 15.9 Å². The van der Waals surface area contributed by atoms with Crippen LogP contribution in [0.2, 0.25) is 0 Å². The Labute approximate surface area is 181 Å². The minimum Gasteiger partial charge on any atom is -0.329 e. The van der Waals surface area contributed by atoms with Gasteiger partial charge in [-0.3, -0.25) is 4.79 Å². The number of sulfonamides is 1. The number of aromatic nitrogens is 2. The highest BCUT2D eigenvalue weighted by atomic mass is 32.2. The fourth-order valence-corrected chi connectivity index (χ4v) is 5.87. The quantitative estimate of drug-likeness (QED) is 0.660. The molecule has 7 nitrogen and oxygen atoms in total. The summed E-state index contributed by atoms with van der Waals surface area (Å²) in [5.74, 6) is -0.812. The Balaban J connectivity index is 1.64. The maximum atomic E-state index is 13.8. The molecule has 2 heterocycles. The molecular weight excluding hydrogens is 427 g/mol. The van der Waals surface area contributed by atoms with Gasteiger partial charge in [-0.15, -0.1) is 0 Å². The molecule has 1 aliphatic heterocycles. The Morgan fingerprint density at radius 3 is 2.70 bits per heavy atom. The predicted octanol–water partition coefficient (Wildman–Crippen LogP) is 3.49. The molecule has 0 aliphatic carbocycles. The molecule has 1 aromatic heterocycles. The number of benzene rings is 1. The van der Waals surface area contributed by atoms with Crippen LogP contribution in [0.15, 0.2) is 40.6 Å². The van der Waals surface area contributed by atoms with Crippen molar-refractivity contribution >= 4 is 33.4 Å². The molecule has 1 amide bonds. The molecule has 30 heavy (non-hydrogen) atoms. The van der Waals surface area contributed by atoms with E-state index in [0.29, 0.717) is 42.9 Å². The topological polar surface area (TPSA) is 84.3 Å². The van der Waals surface area contributed by atoms with Crippen LogP contribution in [0.5, 0.6) is 0 Å². The van der Waals surface area contributed by atoms with Gasteiger partial charge in [0.1, 0.15) is 5.82 Å². The third-order valence-electron chi connectivity index (χ3n) is 5.15. The summed E-state index contributed by atoms with van der Waals surface area (Å²) in [6.07, 6.45) is 5.85. The van der Waals surface area contributed by atoms with Crippen LogP contribution in [0.1, 0.15) is 32.6 Å². The van der Waals surface area contributed by atoms with E-state index in [1.54, 1.807) is 12.3 Å².